The van der Waals surface area contributed by atoms with Crippen molar-refractivity contribution in [1.82, 2.24) is 25.0 Å². The maximum atomic E-state index is 5.59. The average Bonchev–Trinajstić information content (AvgIpc) is 3.01. The van der Waals surface area contributed by atoms with Crippen molar-refractivity contribution in [1.29, 1.82) is 0 Å². The highest BCUT2D eigenvalue weighted by Crippen LogP contribution is 2.26. The Bertz CT molecular complexity index is 543. The molecular weight excluding hydrogens is 280 g/mol. The summed E-state index contributed by atoms with van der Waals surface area (Å²) in [6, 6.07) is 0. The zero-order chi connectivity index (χ0) is 13.2. The summed E-state index contributed by atoms with van der Waals surface area (Å²) < 4.78 is 0. The topological polar surface area (TPSA) is 71.2 Å². The molecule has 0 atom stereocenters. The number of piperazine rings is 1. The van der Waals surface area contributed by atoms with Crippen molar-refractivity contribution >= 4 is 27.8 Å². The Morgan fingerprint density at radius 1 is 1.26 bits per heavy atom. The number of hydrogen-bond acceptors (Lipinski definition) is 8. The number of nitrogens with zero attached hydrogens (tertiary/aromatic N) is 5. The lowest BCUT2D eigenvalue weighted by Gasteiger charge is -2.31. The molecule has 3 heterocycles. The van der Waals surface area contributed by atoms with E-state index >= 15 is 0 Å². The highest BCUT2D eigenvalue weighted by molar-refractivity contribution is 7.18. The van der Waals surface area contributed by atoms with Crippen LogP contribution >= 0.6 is 22.7 Å². The SMILES string of the molecule is CN1CCN(Cc2nc(-c3nnc(N)s3)cs2)CC1. The molecule has 2 aromatic heterocycles. The Morgan fingerprint density at radius 2 is 2.05 bits per heavy atom. The molecule has 3 rings (SSSR count). The van der Waals surface area contributed by atoms with Gasteiger partial charge in [-0.2, -0.15) is 0 Å². The Kier molecular flexibility index (Phi) is 3.74. The molecular formula is C11H16N6S2. The van der Waals surface area contributed by atoms with Crippen LogP contribution in [0.5, 0.6) is 0 Å². The highest BCUT2D eigenvalue weighted by atomic mass is 32.1. The Balaban J connectivity index is 1.65. The predicted octanol–water partition coefficient (Wildman–Crippen LogP) is 0.991. The van der Waals surface area contributed by atoms with Crippen LogP contribution in [0, 0.1) is 0 Å². The van der Waals surface area contributed by atoms with Gasteiger partial charge in [0, 0.05) is 31.6 Å². The second-order valence-electron chi connectivity index (χ2n) is 4.65. The lowest BCUT2D eigenvalue weighted by molar-refractivity contribution is 0.148. The molecule has 2 aromatic rings. The minimum atomic E-state index is 0.489. The maximum Gasteiger partial charge on any atom is 0.203 e. The van der Waals surface area contributed by atoms with Gasteiger partial charge in [0.05, 0.1) is 6.54 Å². The maximum absolute atomic E-state index is 5.59. The molecule has 102 valence electrons. The van der Waals surface area contributed by atoms with Gasteiger partial charge in [-0.1, -0.05) is 11.3 Å². The second kappa shape index (κ2) is 5.49. The Labute approximate surface area is 119 Å². The molecule has 1 aliphatic heterocycles. The summed E-state index contributed by atoms with van der Waals surface area (Å²) in [7, 11) is 2.17. The van der Waals surface area contributed by atoms with Crippen LogP contribution in [-0.4, -0.2) is 58.2 Å². The van der Waals surface area contributed by atoms with E-state index in [0.29, 0.717) is 5.13 Å². The number of nitrogens with two attached hydrogens (primary N) is 1. The Morgan fingerprint density at radius 3 is 2.74 bits per heavy atom. The van der Waals surface area contributed by atoms with Crippen LogP contribution < -0.4 is 5.73 Å². The van der Waals surface area contributed by atoms with Crippen LogP contribution in [0.1, 0.15) is 5.01 Å². The summed E-state index contributed by atoms with van der Waals surface area (Å²) in [5.41, 5.74) is 6.48. The molecule has 8 heteroatoms. The van der Waals surface area contributed by atoms with E-state index < -0.39 is 0 Å². The molecule has 0 spiro atoms. The normalized spacial score (nSPS) is 17.9. The molecule has 1 fully saturated rings. The molecule has 1 saturated heterocycles. The van der Waals surface area contributed by atoms with Crippen LogP contribution in [0.15, 0.2) is 5.38 Å². The molecule has 0 amide bonds. The van der Waals surface area contributed by atoms with Gasteiger partial charge in [0.25, 0.3) is 0 Å². The molecule has 0 aromatic carbocycles. The predicted molar refractivity (Wildman–Crippen MR) is 78.2 cm³/mol. The lowest BCUT2D eigenvalue weighted by atomic mass is 10.3. The van der Waals surface area contributed by atoms with E-state index in [9.17, 15) is 0 Å². The zero-order valence-corrected chi connectivity index (χ0v) is 12.4. The number of hydrogen-bond donors (Lipinski definition) is 1. The van der Waals surface area contributed by atoms with Crippen LogP contribution in [-0.2, 0) is 6.54 Å². The third-order valence-electron chi connectivity index (χ3n) is 3.17. The molecule has 0 aliphatic carbocycles. The lowest BCUT2D eigenvalue weighted by Crippen LogP contribution is -2.43. The minimum Gasteiger partial charge on any atom is -0.374 e. The first-order chi connectivity index (χ1) is 9.20. The van der Waals surface area contributed by atoms with Gasteiger partial charge >= 0.3 is 0 Å². The molecule has 6 nitrogen and oxygen atoms in total. The van der Waals surface area contributed by atoms with Crippen LogP contribution in [0.3, 0.4) is 0 Å². The van der Waals surface area contributed by atoms with Crippen LogP contribution in [0.4, 0.5) is 5.13 Å². The van der Waals surface area contributed by atoms with E-state index in [0.717, 1.165) is 48.4 Å². The van der Waals surface area contributed by atoms with Gasteiger partial charge in [-0.3, -0.25) is 4.90 Å². The van der Waals surface area contributed by atoms with Gasteiger partial charge in [0.15, 0.2) is 5.01 Å². The molecule has 0 saturated carbocycles. The van der Waals surface area contributed by atoms with E-state index in [2.05, 4.69) is 32.0 Å². The number of aromatic nitrogens is 3. The number of nitrogen functional groups attached to an aromatic ring is 1. The average molecular weight is 296 g/mol. The van der Waals surface area contributed by atoms with Crippen LogP contribution in [0.2, 0.25) is 0 Å². The fourth-order valence-electron chi connectivity index (χ4n) is 2.02. The minimum absolute atomic E-state index is 0.489. The van der Waals surface area contributed by atoms with Crippen molar-refractivity contribution in [2.45, 2.75) is 6.54 Å². The van der Waals surface area contributed by atoms with Gasteiger partial charge in [0.1, 0.15) is 10.7 Å². The second-order valence-corrected chi connectivity index (χ2v) is 6.60. The third-order valence-corrected chi connectivity index (χ3v) is 4.77. The quantitative estimate of drug-likeness (QED) is 0.911. The third kappa shape index (κ3) is 3.08. The fraction of sp³-hybridized carbons (Fsp3) is 0.545. The number of anilines is 1. The van der Waals surface area contributed by atoms with E-state index in [1.54, 1.807) is 11.3 Å². The van der Waals surface area contributed by atoms with Gasteiger partial charge in [0.2, 0.25) is 5.13 Å². The van der Waals surface area contributed by atoms with E-state index in [1.807, 2.05) is 5.38 Å². The largest absolute Gasteiger partial charge is 0.374 e. The number of likely N-dealkylation sites (N-methyl/N-ethyl adjacent to an activating group) is 1. The molecule has 0 unspecified atom stereocenters. The molecule has 2 N–H and O–H groups in total. The first-order valence-corrected chi connectivity index (χ1v) is 7.85. The van der Waals surface area contributed by atoms with Gasteiger partial charge in [-0.15, -0.1) is 21.5 Å². The van der Waals surface area contributed by atoms with E-state index in [4.69, 9.17) is 5.73 Å². The first kappa shape index (κ1) is 12.9. The standard InChI is InChI=1S/C11H16N6S2/c1-16-2-4-17(5-3-16)6-9-13-8(7-18-9)10-14-15-11(12)19-10/h7H,2-6H2,1H3,(H2,12,15). The number of rotatable bonds is 3. The van der Waals surface area contributed by atoms with Crippen molar-refractivity contribution in [3.05, 3.63) is 10.4 Å². The van der Waals surface area contributed by atoms with Gasteiger partial charge in [-0.05, 0) is 7.05 Å². The zero-order valence-electron chi connectivity index (χ0n) is 10.7. The van der Waals surface area contributed by atoms with Gasteiger partial charge in [-0.25, -0.2) is 4.98 Å². The van der Waals surface area contributed by atoms with E-state index in [-0.39, 0.29) is 0 Å². The monoisotopic (exact) mass is 296 g/mol. The van der Waals surface area contributed by atoms with Crippen molar-refractivity contribution in [3.8, 4) is 10.7 Å². The van der Waals surface area contributed by atoms with E-state index in [1.165, 1.54) is 11.3 Å². The molecule has 19 heavy (non-hydrogen) atoms. The molecule has 0 bridgehead atoms. The van der Waals surface area contributed by atoms with Gasteiger partial charge < -0.3 is 10.6 Å². The summed E-state index contributed by atoms with van der Waals surface area (Å²) >= 11 is 3.06. The van der Waals surface area contributed by atoms with Crippen molar-refractivity contribution in [2.24, 2.45) is 0 Å². The molecule has 0 radical (unpaired) electrons. The first-order valence-electron chi connectivity index (χ1n) is 6.15. The van der Waals surface area contributed by atoms with Crippen molar-refractivity contribution in [2.75, 3.05) is 39.0 Å². The van der Waals surface area contributed by atoms with Crippen molar-refractivity contribution in [3.63, 3.8) is 0 Å². The number of thiazole rings is 1. The van der Waals surface area contributed by atoms with Crippen LogP contribution in [0.25, 0.3) is 10.7 Å². The highest BCUT2D eigenvalue weighted by Gasteiger charge is 2.16. The van der Waals surface area contributed by atoms with Crippen molar-refractivity contribution < 1.29 is 0 Å². The summed E-state index contributed by atoms with van der Waals surface area (Å²) in [6.07, 6.45) is 0. The smallest absolute Gasteiger partial charge is 0.203 e. The fourth-order valence-corrected chi connectivity index (χ4v) is 3.48. The Hall–Kier alpha value is -1.09. The summed E-state index contributed by atoms with van der Waals surface area (Å²) in [6.45, 7) is 5.40. The summed E-state index contributed by atoms with van der Waals surface area (Å²) in [5, 5.41) is 12.3. The summed E-state index contributed by atoms with van der Waals surface area (Å²) in [5.74, 6) is 0. The molecule has 1 aliphatic rings. The summed E-state index contributed by atoms with van der Waals surface area (Å²) in [4.78, 5) is 9.42.